The summed E-state index contributed by atoms with van der Waals surface area (Å²) in [6.07, 6.45) is 1.36. The fourth-order valence-electron chi connectivity index (χ4n) is 2.97. The number of hydrazone groups is 1. The summed E-state index contributed by atoms with van der Waals surface area (Å²) in [6, 6.07) is 18.0. The molecule has 1 amide bonds. The van der Waals surface area contributed by atoms with Gasteiger partial charge in [-0.15, -0.1) is 0 Å². The van der Waals surface area contributed by atoms with E-state index in [9.17, 15) is 13.2 Å². The van der Waals surface area contributed by atoms with Crippen molar-refractivity contribution >= 4 is 56.9 Å². The van der Waals surface area contributed by atoms with E-state index in [-0.39, 0.29) is 11.4 Å². The van der Waals surface area contributed by atoms with Gasteiger partial charge in [-0.3, -0.25) is 4.79 Å². The lowest BCUT2D eigenvalue weighted by atomic mass is 10.1. The van der Waals surface area contributed by atoms with Gasteiger partial charge in [-0.05, 0) is 48.9 Å². The topological polar surface area (TPSA) is 78.8 Å². The molecule has 0 aromatic heterocycles. The van der Waals surface area contributed by atoms with Gasteiger partial charge in [0.2, 0.25) is 10.0 Å². The second kappa shape index (κ2) is 11.1. The number of hydrogen-bond donors (Lipinski definition) is 1. The Labute approximate surface area is 207 Å². The van der Waals surface area contributed by atoms with Crippen LogP contribution in [-0.2, 0) is 21.4 Å². The molecule has 0 fully saturated rings. The molecule has 3 rings (SSSR count). The Bertz CT molecular complexity index is 1280. The number of amides is 1. The number of halogens is 3. The van der Waals surface area contributed by atoms with E-state index in [4.69, 9.17) is 34.8 Å². The van der Waals surface area contributed by atoms with E-state index in [1.807, 2.05) is 25.1 Å². The maximum Gasteiger partial charge on any atom is 0.255 e. The van der Waals surface area contributed by atoms with Crippen LogP contribution in [0.15, 0.2) is 76.7 Å². The summed E-state index contributed by atoms with van der Waals surface area (Å²) in [5.74, 6) is -0.610. The Kier molecular flexibility index (Phi) is 8.51. The molecule has 0 radical (unpaired) electrons. The van der Waals surface area contributed by atoms with Crippen molar-refractivity contribution in [1.82, 2.24) is 9.73 Å². The van der Waals surface area contributed by atoms with Crippen LogP contribution in [-0.4, -0.2) is 31.4 Å². The van der Waals surface area contributed by atoms with Crippen molar-refractivity contribution in [3.63, 3.8) is 0 Å². The molecule has 0 bridgehead atoms. The van der Waals surface area contributed by atoms with Crippen LogP contribution in [0.3, 0.4) is 0 Å². The molecule has 0 spiro atoms. The summed E-state index contributed by atoms with van der Waals surface area (Å²) in [5, 5.41) is 5.13. The van der Waals surface area contributed by atoms with Crippen molar-refractivity contribution in [1.29, 1.82) is 0 Å². The molecule has 172 valence electrons. The molecule has 1 N–H and O–H groups in total. The first-order chi connectivity index (χ1) is 15.6. The van der Waals surface area contributed by atoms with Gasteiger partial charge in [0.05, 0.1) is 22.7 Å². The number of benzene rings is 3. The first-order valence-corrected chi connectivity index (χ1v) is 12.3. The van der Waals surface area contributed by atoms with Gasteiger partial charge in [0.1, 0.15) is 0 Å². The average Bonchev–Trinajstić information content (AvgIpc) is 2.75. The van der Waals surface area contributed by atoms with Gasteiger partial charge in [-0.2, -0.15) is 9.41 Å². The van der Waals surface area contributed by atoms with E-state index in [1.54, 1.807) is 24.3 Å². The summed E-state index contributed by atoms with van der Waals surface area (Å²) in [4.78, 5) is 12.6. The largest absolute Gasteiger partial charge is 0.272 e. The number of nitrogens with zero attached hydrogens (tertiary/aromatic N) is 2. The molecular formula is C23H20Cl3N3O3S. The second-order valence-corrected chi connectivity index (χ2v) is 10.4. The van der Waals surface area contributed by atoms with Crippen LogP contribution in [0.5, 0.6) is 0 Å². The number of hydrogen-bond acceptors (Lipinski definition) is 4. The van der Waals surface area contributed by atoms with Gasteiger partial charge in [0.15, 0.2) is 0 Å². The van der Waals surface area contributed by atoms with Crippen molar-refractivity contribution in [3.8, 4) is 0 Å². The minimum atomic E-state index is -3.99. The maximum atomic E-state index is 13.3. The first-order valence-electron chi connectivity index (χ1n) is 9.73. The quantitative estimate of drug-likeness (QED) is 0.321. The highest BCUT2D eigenvalue weighted by atomic mass is 35.5. The number of aryl methyl sites for hydroxylation is 1. The van der Waals surface area contributed by atoms with E-state index in [1.165, 1.54) is 30.5 Å². The van der Waals surface area contributed by atoms with Crippen LogP contribution in [0.4, 0.5) is 0 Å². The number of sulfonamides is 1. The molecule has 0 aliphatic heterocycles. The van der Waals surface area contributed by atoms with Gasteiger partial charge in [0.25, 0.3) is 5.91 Å². The zero-order valence-corrected chi connectivity index (χ0v) is 20.6. The second-order valence-electron chi connectivity index (χ2n) is 7.18. The number of carbonyl (C=O) groups is 1. The summed E-state index contributed by atoms with van der Waals surface area (Å²) >= 11 is 17.8. The number of nitrogens with one attached hydrogen (secondary N) is 1. The van der Waals surface area contributed by atoms with Crippen molar-refractivity contribution in [2.75, 3.05) is 6.54 Å². The molecule has 0 saturated carbocycles. The Morgan fingerprint density at radius 2 is 1.70 bits per heavy atom. The molecule has 0 saturated heterocycles. The fourth-order valence-corrected chi connectivity index (χ4v) is 4.94. The lowest BCUT2D eigenvalue weighted by Crippen LogP contribution is -2.39. The molecule has 3 aromatic carbocycles. The highest BCUT2D eigenvalue weighted by Gasteiger charge is 2.27. The molecule has 10 heteroatoms. The molecule has 0 atom stereocenters. The van der Waals surface area contributed by atoms with Crippen LogP contribution in [0.2, 0.25) is 15.1 Å². The maximum absolute atomic E-state index is 13.3. The third kappa shape index (κ3) is 7.03. The SMILES string of the molecule is Cc1cccc(CN(CC(=O)N/N=C\c2ccc(Cl)cc2Cl)S(=O)(=O)c2ccc(Cl)cc2)c1. The molecular weight excluding hydrogens is 505 g/mol. The van der Waals surface area contributed by atoms with Crippen LogP contribution in [0.25, 0.3) is 0 Å². The van der Waals surface area contributed by atoms with Gasteiger partial charge < -0.3 is 0 Å². The summed E-state index contributed by atoms with van der Waals surface area (Å²) in [7, 11) is -3.99. The Morgan fingerprint density at radius 1 is 1.00 bits per heavy atom. The molecule has 33 heavy (non-hydrogen) atoms. The smallest absolute Gasteiger partial charge is 0.255 e. The predicted octanol–water partition coefficient (Wildman–Crippen LogP) is 5.30. The van der Waals surface area contributed by atoms with E-state index < -0.39 is 22.5 Å². The van der Waals surface area contributed by atoms with E-state index in [2.05, 4.69) is 10.5 Å². The van der Waals surface area contributed by atoms with Crippen molar-refractivity contribution in [2.24, 2.45) is 5.10 Å². The minimum Gasteiger partial charge on any atom is -0.272 e. The molecule has 0 heterocycles. The highest BCUT2D eigenvalue weighted by molar-refractivity contribution is 7.89. The van der Waals surface area contributed by atoms with Gasteiger partial charge in [-0.25, -0.2) is 13.8 Å². The van der Waals surface area contributed by atoms with Crippen molar-refractivity contribution in [3.05, 3.63) is 98.5 Å². The van der Waals surface area contributed by atoms with Gasteiger partial charge in [-0.1, -0.05) is 70.7 Å². The summed E-state index contributed by atoms with van der Waals surface area (Å²) in [5.41, 5.74) is 4.62. The average molecular weight is 525 g/mol. The fraction of sp³-hybridized carbons (Fsp3) is 0.130. The molecule has 0 aliphatic carbocycles. The third-order valence-electron chi connectivity index (χ3n) is 4.57. The lowest BCUT2D eigenvalue weighted by Gasteiger charge is -2.21. The van der Waals surface area contributed by atoms with Crippen molar-refractivity contribution < 1.29 is 13.2 Å². The van der Waals surface area contributed by atoms with E-state index in [0.717, 1.165) is 15.4 Å². The Hall–Kier alpha value is -2.42. The van der Waals surface area contributed by atoms with Crippen LogP contribution < -0.4 is 5.43 Å². The van der Waals surface area contributed by atoms with Crippen LogP contribution >= 0.6 is 34.8 Å². The summed E-state index contributed by atoms with van der Waals surface area (Å²) < 4.78 is 27.6. The Morgan fingerprint density at radius 3 is 2.36 bits per heavy atom. The van der Waals surface area contributed by atoms with E-state index in [0.29, 0.717) is 20.6 Å². The number of rotatable bonds is 8. The minimum absolute atomic E-state index is 0.00673. The standard InChI is InChI=1S/C23H20Cl3N3O3S/c1-16-3-2-4-17(11-16)14-29(33(31,32)21-9-7-19(24)8-10-21)15-23(30)28-27-13-18-5-6-20(25)12-22(18)26/h2-13H,14-15H2,1H3,(H,28,30)/b27-13-. The summed E-state index contributed by atoms with van der Waals surface area (Å²) in [6.45, 7) is 1.47. The first kappa shape index (κ1) is 25.2. The predicted molar refractivity (Wildman–Crippen MR) is 132 cm³/mol. The van der Waals surface area contributed by atoms with Gasteiger partial charge in [0, 0.05) is 22.2 Å². The zero-order valence-electron chi connectivity index (χ0n) is 17.5. The Balaban J connectivity index is 1.80. The highest BCUT2D eigenvalue weighted by Crippen LogP contribution is 2.21. The molecule has 3 aromatic rings. The van der Waals surface area contributed by atoms with E-state index >= 15 is 0 Å². The molecule has 0 unspecified atom stereocenters. The lowest BCUT2D eigenvalue weighted by molar-refractivity contribution is -0.121. The van der Waals surface area contributed by atoms with Crippen molar-refractivity contribution in [2.45, 2.75) is 18.4 Å². The molecule has 6 nitrogen and oxygen atoms in total. The third-order valence-corrected chi connectivity index (χ3v) is 7.19. The molecule has 0 aliphatic rings. The monoisotopic (exact) mass is 523 g/mol. The van der Waals surface area contributed by atoms with Crippen LogP contribution in [0.1, 0.15) is 16.7 Å². The van der Waals surface area contributed by atoms with Gasteiger partial charge >= 0.3 is 0 Å². The zero-order chi connectivity index (χ0) is 24.0. The number of carbonyl (C=O) groups excluding carboxylic acids is 1. The van der Waals surface area contributed by atoms with Crippen LogP contribution in [0, 0.1) is 6.92 Å². The normalized spacial score (nSPS) is 11.8.